The molecule has 0 aliphatic heterocycles. The SMILES string of the molecule is C[C@]12CCC3=C4CCC(=O)C=C4CC[C@H]3[C@@H]1CC[C@@H]2C#N. The van der Waals surface area contributed by atoms with E-state index in [9.17, 15) is 10.1 Å². The lowest BCUT2D eigenvalue weighted by Crippen LogP contribution is -2.39. The normalized spacial score (nSPS) is 41.8. The molecule has 0 N–H and O–H groups in total. The molecule has 0 heterocycles. The summed E-state index contributed by atoms with van der Waals surface area (Å²) in [5, 5.41) is 9.47. The van der Waals surface area contributed by atoms with Crippen LogP contribution < -0.4 is 0 Å². The van der Waals surface area contributed by atoms with Crippen molar-refractivity contribution >= 4 is 5.78 Å². The van der Waals surface area contributed by atoms with E-state index in [1.165, 1.54) is 30.4 Å². The van der Waals surface area contributed by atoms with E-state index >= 15 is 0 Å². The van der Waals surface area contributed by atoms with Crippen LogP contribution in [0.25, 0.3) is 0 Å². The van der Waals surface area contributed by atoms with Crippen LogP contribution >= 0.6 is 0 Å². The van der Waals surface area contributed by atoms with Gasteiger partial charge in [-0.3, -0.25) is 4.79 Å². The van der Waals surface area contributed by atoms with Crippen molar-refractivity contribution in [2.24, 2.45) is 23.2 Å². The molecule has 0 radical (unpaired) electrons. The third-order valence-electron chi connectivity index (χ3n) is 6.89. The summed E-state index contributed by atoms with van der Waals surface area (Å²) >= 11 is 0. The highest BCUT2D eigenvalue weighted by atomic mass is 16.1. The largest absolute Gasteiger partial charge is 0.295 e. The fourth-order valence-electron chi connectivity index (χ4n) is 5.74. The number of hydrogen-bond acceptors (Lipinski definition) is 2. The van der Waals surface area contributed by atoms with Crippen molar-refractivity contribution in [1.29, 1.82) is 5.26 Å². The van der Waals surface area contributed by atoms with Crippen LogP contribution in [-0.4, -0.2) is 5.78 Å². The van der Waals surface area contributed by atoms with Gasteiger partial charge in [-0.1, -0.05) is 12.5 Å². The Bertz CT molecular complexity index is 606. The van der Waals surface area contributed by atoms with Crippen molar-refractivity contribution in [2.45, 2.75) is 58.3 Å². The van der Waals surface area contributed by atoms with Gasteiger partial charge in [0.25, 0.3) is 0 Å². The number of allylic oxidation sites excluding steroid dienone is 4. The van der Waals surface area contributed by atoms with Crippen LogP contribution in [0.2, 0.25) is 0 Å². The number of carbonyl (C=O) groups is 1. The predicted molar refractivity (Wildman–Crippen MR) is 81.2 cm³/mol. The number of fused-ring (bicyclic) bond motifs is 4. The minimum atomic E-state index is 0.245. The first kappa shape index (κ1) is 13.3. The van der Waals surface area contributed by atoms with Gasteiger partial charge in [-0.25, -0.2) is 0 Å². The number of nitriles is 1. The molecule has 2 nitrogen and oxygen atoms in total. The monoisotopic (exact) mass is 281 g/mol. The van der Waals surface area contributed by atoms with Gasteiger partial charge in [-0.05, 0) is 79.4 Å². The lowest BCUT2D eigenvalue weighted by molar-refractivity contribution is -0.114. The van der Waals surface area contributed by atoms with E-state index in [0.717, 1.165) is 25.7 Å². The maximum atomic E-state index is 11.7. The van der Waals surface area contributed by atoms with Gasteiger partial charge in [0.15, 0.2) is 5.78 Å². The van der Waals surface area contributed by atoms with Crippen molar-refractivity contribution in [1.82, 2.24) is 0 Å². The van der Waals surface area contributed by atoms with Crippen LogP contribution in [0.1, 0.15) is 58.3 Å². The van der Waals surface area contributed by atoms with Gasteiger partial charge in [0, 0.05) is 6.42 Å². The lowest BCUT2D eigenvalue weighted by atomic mass is 9.56. The molecule has 0 aromatic heterocycles. The van der Waals surface area contributed by atoms with Crippen molar-refractivity contribution in [3.63, 3.8) is 0 Å². The summed E-state index contributed by atoms with van der Waals surface area (Å²) in [7, 11) is 0. The molecule has 2 saturated carbocycles. The van der Waals surface area contributed by atoms with Crippen molar-refractivity contribution in [3.8, 4) is 6.07 Å². The van der Waals surface area contributed by atoms with Gasteiger partial charge >= 0.3 is 0 Å². The van der Waals surface area contributed by atoms with E-state index in [-0.39, 0.29) is 11.3 Å². The molecule has 0 aromatic rings. The number of rotatable bonds is 0. The van der Waals surface area contributed by atoms with Gasteiger partial charge in [0.1, 0.15) is 0 Å². The molecule has 0 spiro atoms. The summed E-state index contributed by atoms with van der Waals surface area (Å²) in [6.07, 6.45) is 10.5. The van der Waals surface area contributed by atoms with Gasteiger partial charge in [0.05, 0.1) is 12.0 Å². The summed E-state index contributed by atoms with van der Waals surface area (Å²) < 4.78 is 0. The average molecular weight is 281 g/mol. The predicted octanol–water partition coefficient (Wildman–Crippen LogP) is 4.33. The molecular formula is C19H23NO. The lowest BCUT2D eigenvalue weighted by Gasteiger charge is -2.48. The molecule has 4 rings (SSSR count). The maximum absolute atomic E-state index is 11.7. The number of carbonyl (C=O) groups excluding carboxylic acids is 1. The van der Waals surface area contributed by atoms with E-state index in [1.807, 2.05) is 6.08 Å². The minimum Gasteiger partial charge on any atom is -0.295 e. The quantitative estimate of drug-likeness (QED) is 0.663. The first-order chi connectivity index (χ1) is 10.1. The van der Waals surface area contributed by atoms with E-state index in [1.54, 1.807) is 5.57 Å². The van der Waals surface area contributed by atoms with E-state index in [2.05, 4.69) is 13.0 Å². The minimum absolute atomic E-state index is 0.245. The fourth-order valence-corrected chi connectivity index (χ4v) is 5.74. The van der Waals surface area contributed by atoms with Crippen molar-refractivity contribution in [2.75, 3.05) is 0 Å². The second-order valence-electron chi connectivity index (χ2n) is 7.66. The topological polar surface area (TPSA) is 40.9 Å². The van der Waals surface area contributed by atoms with Gasteiger partial charge < -0.3 is 0 Å². The van der Waals surface area contributed by atoms with Crippen LogP contribution in [0.15, 0.2) is 22.8 Å². The second kappa shape index (κ2) is 4.57. The highest BCUT2D eigenvalue weighted by Gasteiger charge is 2.53. The Morgan fingerprint density at radius 3 is 2.86 bits per heavy atom. The molecule has 0 aromatic carbocycles. The number of ketones is 1. The molecule has 21 heavy (non-hydrogen) atoms. The number of hydrogen-bond donors (Lipinski definition) is 0. The highest BCUT2D eigenvalue weighted by molar-refractivity contribution is 5.93. The summed E-state index contributed by atoms with van der Waals surface area (Å²) in [5.74, 6) is 1.98. The first-order valence-corrected chi connectivity index (χ1v) is 8.49. The van der Waals surface area contributed by atoms with Gasteiger partial charge in [-0.15, -0.1) is 0 Å². The standard InChI is InChI=1S/C19H23NO/c1-19-9-8-16-15-6-4-14(21)10-12(15)2-5-17(16)18(19)7-3-13(19)11-20/h10,13,17-18H,2-9H2,1H3/t13-,17-,18+,19-/m1/s1. The molecule has 0 bridgehead atoms. The van der Waals surface area contributed by atoms with Crippen LogP contribution in [0.4, 0.5) is 0 Å². The maximum Gasteiger partial charge on any atom is 0.156 e. The summed E-state index contributed by atoms with van der Waals surface area (Å²) in [5.41, 5.74) is 4.79. The smallest absolute Gasteiger partial charge is 0.156 e. The van der Waals surface area contributed by atoms with Crippen LogP contribution in [0.5, 0.6) is 0 Å². The zero-order valence-corrected chi connectivity index (χ0v) is 12.8. The fraction of sp³-hybridized carbons (Fsp3) is 0.684. The Morgan fingerprint density at radius 2 is 2.05 bits per heavy atom. The third kappa shape index (κ3) is 1.79. The van der Waals surface area contributed by atoms with Crippen LogP contribution in [0.3, 0.4) is 0 Å². The van der Waals surface area contributed by atoms with E-state index in [4.69, 9.17) is 0 Å². The summed E-state index contributed by atoms with van der Waals surface area (Å²) in [6.45, 7) is 2.37. The van der Waals surface area contributed by atoms with Crippen molar-refractivity contribution in [3.05, 3.63) is 22.8 Å². The Hall–Kier alpha value is -1.36. The molecule has 2 heteroatoms. The molecule has 4 aliphatic rings. The van der Waals surface area contributed by atoms with Gasteiger partial charge in [-0.2, -0.15) is 5.26 Å². The van der Waals surface area contributed by atoms with E-state index < -0.39 is 0 Å². The zero-order chi connectivity index (χ0) is 14.6. The molecule has 4 atom stereocenters. The molecular weight excluding hydrogens is 258 g/mol. The Morgan fingerprint density at radius 1 is 1.19 bits per heavy atom. The molecule has 0 amide bonds. The second-order valence-corrected chi connectivity index (χ2v) is 7.66. The Balaban J connectivity index is 1.73. The Labute approximate surface area is 126 Å². The molecule has 2 fully saturated rings. The third-order valence-corrected chi connectivity index (χ3v) is 6.89. The van der Waals surface area contributed by atoms with Gasteiger partial charge in [0.2, 0.25) is 0 Å². The molecule has 0 unspecified atom stereocenters. The summed E-state index contributed by atoms with van der Waals surface area (Å²) in [4.78, 5) is 11.7. The van der Waals surface area contributed by atoms with Crippen LogP contribution in [-0.2, 0) is 4.79 Å². The average Bonchev–Trinajstić information content (AvgIpc) is 2.83. The Kier molecular flexibility index (Phi) is 2.89. The van der Waals surface area contributed by atoms with Crippen molar-refractivity contribution < 1.29 is 4.79 Å². The molecule has 4 aliphatic carbocycles. The summed E-state index contributed by atoms with van der Waals surface area (Å²) in [6, 6.07) is 2.59. The molecule has 110 valence electrons. The first-order valence-electron chi connectivity index (χ1n) is 8.49. The van der Waals surface area contributed by atoms with Crippen LogP contribution in [0, 0.1) is 34.5 Å². The zero-order valence-electron chi connectivity index (χ0n) is 12.8. The van der Waals surface area contributed by atoms with E-state index in [0.29, 0.717) is 24.0 Å². The highest BCUT2D eigenvalue weighted by Crippen LogP contribution is 2.61. The molecule has 0 saturated heterocycles. The number of nitrogens with zero attached hydrogens (tertiary/aromatic N) is 1.